The van der Waals surface area contributed by atoms with Crippen molar-refractivity contribution in [2.45, 2.75) is 178 Å². The molecular formula is C64H96Fe2N2O12P2. The maximum Gasteiger partial charge on any atom is 0.338 e. The van der Waals surface area contributed by atoms with E-state index in [0.717, 1.165) is 73.1 Å². The summed E-state index contributed by atoms with van der Waals surface area (Å²) < 4.78 is 4.38. The van der Waals surface area contributed by atoms with Crippen LogP contribution in [-0.4, -0.2) is 144 Å². The van der Waals surface area contributed by atoms with Gasteiger partial charge in [-0.15, -0.1) is 0 Å². The van der Waals surface area contributed by atoms with E-state index in [1.54, 1.807) is 21.2 Å². The third kappa shape index (κ3) is 22.2. The number of nitrogens with two attached hydrogens (primary N) is 1. The second-order valence-corrected chi connectivity index (χ2v) is 27.8. The first-order chi connectivity index (χ1) is 38.5. The van der Waals surface area contributed by atoms with Crippen LogP contribution in [0, 0.1) is 35.5 Å². The topological polar surface area (TPSA) is 263 Å². The van der Waals surface area contributed by atoms with Crippen molar-refractivity contribution in [3.63, 3.8) is 0 Å². The monoisotopic (exact) mass is 1260 g/mol. The normalized spacial score (nSPS) is 24.8. The average Bonchev–Trinajstić information content (AvgIpc) is 4.49. The number of esters is 1. The number of cyclic esters (lactones) is 1. The van der Waals surface area contributed by atoms with Crippen molar-refractivity contribution in [1.29, 1.82) is 0 Å². The number of rotatable bonds is 17. The Morgan fingerprint density at radius 2 is 0.939 bits per heavy atom. The van der Waals surface area contributed by atoms with Crippen LogP contribution in [0.15, 0.2) is 121 Å². The molecule has 0 aromatic heterocycles. The van der Waals surface area contributed by atoms with Crippen LogP contribution in [-0.2, 0) is 48.5 Å². The summed E-state index contributed by atoms with van der Waals surface area (Å²) >= 11 is 0. The van der Waals surface area contributed by atoms with Gasteiger partial charge in [-0.2, -0.15) is 0 Å². The molecule has 1 saturated heterocycles. The van der Waals surface area contributed by atoms with E-state index in [-0.39, 0.29) is 50.0 Å². The largest absolute Gasteiger partial charge is 0.455 e. The first kappa shape index (κ1) is 73.6. The van der Waals surface area contributed by atoms with E-state index in [9.17, 15) is 24.9 Å². The van der Waals surface area contributed by atoms with Crippen LogP contribution in [0.25, 0.3) is 0 Å². The Hall–Kier alpha value is -2.68. The van der Waals surface area contributed by atoms with Crippen LogP contribution in [0.3, 0.4) is 0 Å². The van der Waals surface area contributed by atoms with Gasteiger partial charge in [0.1, 0.15) is 30.5 Å². The molecule has 1 aliphatic heterocycles. The van der Waals surface area contributed by atoms with E-state index in [1.165, 1.54) is 64.2 Å². The van der Waals surface area contributed by atoms with Gasteiger partial charge in [-0.25, -0.2) is 4.79 Å². The molecule has 12 atom stereocenters. The molecule has 0 spiro atoms. The Labute approximate surface area is 512 Å². The van der Waals surface area contributed by atoms with Crippen molar-refractivity contribution < 1.29 is 94.4 Å². The molecule has 9 rings (SSSR count). The minimum Gasteiger partial charge on any atom is -0.455 e. The molecule has 14 nitrogen and oxygen atoms in total. The second-order valence-electron chi connectivity index (χ2n) is 22.9. The molecule has 4 saturated carbocycles. The van der Waals surface area contributed by atoms with Crippen molar-refractivity contribution >= 4 is 48.9 Å². The van der Waals surface area contributed by atoms with E-state index in [1.807, 2.05) is 0 Å². The summed E-state index contributed by atoms with van der Waals surface area (Å²) in [4.78, 5) is 22.2. The Morgan fingerprint density at radius 1 is 0.561 bits per heavy atom. The molecule has 18 heteroatoms. The number of hydrogen-bond acceptors (Lipinski definition) is 13. The van der Waals surface area contributed by atoms with Gasteiger partial charge in [0.05, 0.1) is 13.2 Å². The number of hydrogen-bond donors (Lipinski definition) is 11. The van der Waals surface area contributed by atoms with Crippen LogP contribution in [0.1, 0.15) is 118 Å². The summed E-state index contributed by atoms with van der Waals surface area (Å²) in [5.74, 6) is 2.81. The molecule has 1 heterocycles. The van der Waals surface area contributed by atoms with Crippen LogP contribution >= 0.6 is 15.8 Å². The fourth-order valence-corrected chi connectivity index (χ4v) is 18.8. The summed E-state index contributed by atoms with van der Waals surface area (Å²) in [6.45, 7) is 9.63. The average molecular weight is 1260 g/mol. The number of nitrogens with one attached hydrogen (secondary N) is 1. The molecule has 4 aromatic rings. The van der Waals surface area contributed by atoms with E-state index in [4.69, 9.17) is 36.4 Å². The summed E-state index contributed by atoms with van der Waals surface area (Å²) in [5.41, 5.74) is 7.14. The molecule has 5 aliphatic rings. The number of aliphatic hydroxyl groups is 9. The minimum absolute atomic E-state index is 0. The maximum atomic E-state index is 11.6. The van der Waals surface area contributed by atoms with Gasteiger partial charge < -0.3 is 61.7 Å². The Balaban J connectivity index is 0.000000277. The summed E-state index contributed by atoms with van der Waals surface area (Å²) in [6, 6.07) is 44.9. The molecule has 12 unspecified atom stereocenters. The van der Waals surface area contributed by atoms with Gasteiger partial charge in [-0.1, -0.05) is 188 Å². The van der Waals surface area contributed by atoms with E-state index < -0.39 is 73.9 Å². The standard InChI is InChI=1S/2C20H25P.C12H23NO6.C6H13N.C6H10O6.2Fe/c2*1-16(2)19-14-9-15-20(19)21(17-10-5-3-6-11-17)18-12-7-4-8-13-18;14-6-8(15)9(16)10(17)11(18)12(19)13-5-7-3-1-2-4-7;7-5-6-3-1-2-4-6;7-1-2-3(8)4(9)5(10)6(11)12-2;;/h2*3-8,10-13,16,19-20H,9,14-15H2,1-2H3;7-11,14-18H,1-6H2,(H,13,19);6H,1-5,7H2;2-5,7-10H,1H2;;. The molecule has 1 amide bonds. The van der Waals surface area contributed by atoms with Crippen molar-refractivity contribution in [3.8, 4) is 0 Å². The van der Waals surface area contributed by atoms with Gasteiger partial charge in [0.2, 0.25) is 0 Å². The number of benzene rings is 4. The van der Waals surface area contributed by atoms with Gasteiger partial charge in [-0.05, 0) is 142 Å². The van der Waals surface area contributed by atoms with Crippen LogP contribution in [0.2, 0.25) is 0 Å². The van der Waals surface area contributed by atoms with Gasteiger partial charge >= 0.3 is 5.97 Å². The smallest absolute Gasteiger partial charge is 0.338 e. The molecule has 12 N–H and O–H groups in total. The number of carbonyl (C=O) groups excluding carboxylic acids is 2. The predicted molar refractivity (Wildman–Crippen MR) is 322 cm³/mol. The number of ether oxygens (including phenoxy) is 1. The SMILES string of the molecule is CC(C)C1CCCC1P(c1ccccc1)c1ccccc1.CC(C)C1CCCC1P(c1ccccc1)c1ccccc1.NCC1CCCC1.O=C(NCC1CCCC1)C(O)C(O)C(O)C(O)CO.O=C1OC(CO)C(O)C(O)C1O.[Fe].[Fe]. The van der Waals surface area contributed by atoms with Crippen LogP contribution in [0.4, 0.5) is 0 Å². The van der Waals surface area contributed by atoms with Crippen LogP contribution < -0.4 is 32.3 Å². The van der Waals surface area contributed by atoms with Gasteiger partial charge in [0.25, 0.3) is 5.91 Å². The Morgan fingerprint density at radius 3 is 1.27 bits per heavy atom. The van der Waals surface area contributed by atoms with Crippen molar-refractivity contribution in [2.75, 3.05) is 26.3 Å². The third-order valence-electron chi connectivity index (χ3n) is 16.7. The van der Waals surface area contributed by atoms with Gasteiger partial charge in [0, 0.05) is 40.7 Å². The molecular weight excluding hydrogens is 1160 g/mol. The summed E-state index contributed by atoms with van der Waals surface area (Å²) in [6.07, 6.45) is 5.40. The predicted octanol–water partition coefficient (Wildman–Crippen LogP) is 5.73. The van der Waals surface area contributed by atoms with E-state index in [2.05, 4.69) is 159 Å². The molecule has 5 fully saturated rings. The summed E-state index contributed by atoms with van der Waals surface area (Å²) in [5, 5.41) is 90.4. The molecule has 82 heavy (non-hydrogen) atoms. The van der Waals surface area contributed by atoms with E-state index in [0.29, 0.717) is 12.5 Å². The Bertz CT molecular complexity index is 2120. The first-order valence-electron chi connectivity index (χ1n) is 29.5. The van der Waals surface area contributed by atoms with E-state index >= 15 is 0 Å². The quantitative estimate of drug-likeness (QED) is 0.0343. The first-order valence-corrected chi connectivity index (χ1v) is 32.3. The second kappa shape index (κ2) is 39.2. The maximum absolute atomic E-state index is 11.6. The molecule has 4 aromatic carbocycles. The van der Waals surface area contributed by atoms with Crippen molar-refractivity contribution in [3.05, 3.63) is 121 Å². The number of aliphatic hydroxyl groups excluding tert-OH is 9. The molecule has 460 valence electrons. The molecule has 0 bridgehead atoms. The summed E-state index contributed by atoms with van der Waals surface area (Å²) in [7, 11) is -0.448. The zero-order valence-electron chi connectivity index (χ0n) is 48.4. The Kier molecular flexibility index (Phi) is 35.2. The van der Waals surface area contributed by atoms with Gasteiger partial charge in [0.15, 0.2) is 18.3 Å². The zero-order valence-corrected chi connectivity index (χ0v) is 52.4. The van der Waals surface area contributed by atoms with Crippen molar-refractivity contribution in [2.24, 2.45) is 41.2 Å². The fourth-order valence-electron chi connectivity index (χ4n) is 12.0. The fraction of sp³-hybridized carbons (Fsp3) is 0.594. The molecule has 0 radical (unpaired) electrons. The van der Waals surface area contributed by atoms with Crippen LogP contribution in [0.5, 0.6) is 0 Å². The van der Waals surface area contributed by atoms with Gasteiger partial charge in [-0.3, -0.25) is 4.79 Å². The van der Waals surface area contributed by atoms with Crippen molar-refractivity contribution in [1.82, 2.24) is 5.32 Å². The number of amides is 1. The molecule has 4 aliphatic carbocycles. The minimum atomic E-state index is -1.84. The number of carbonyl (C=O) groups is 2. The third-order valence-corrected chi connectivity index (χ3v) is 22.7. The zero-order chi connectivity index (χ0) is 58.1.